The highest BCUT2D eigenvalue weighted by Gasteiger charge is 2.42. The SMILES string of the molecule is Cc1ccc2c(c1)nc1cc(N3CC(O[Si](C)(C)C(C)(C)C)C3)c(F)cn12. The Morgan fingerprint density at radius 1 is 1.19 bits per heavy atom. The molecule has 0 saturated carbocycles. The Morgan fingerprint density at radius 2 is 1.89 bits per heavy atom. The number of hydrogen-bond donors (Lipinski definition) is 0. The lowest BCUT2D eigenvalue weighted by Crippen LogP contribution is -2.58. The molecule has 0 amide bonds. The minimum atomic E-state index is -1.79. The topological polar surface area (TPSA) is 29.8 Å². The predicted octanol–water partition coefficient (Wildman–Crippen LogP) is 5.15. The second-order valence-electron chi connectivity index (χ2n) is 9.24. The summed E-state index contributed by atoms with van der Waals surface area (Å²) in [6, 6.07) is 7.91. The number of benzene rings is 1. The first-order valence-electron chi connectivity index (χ1n) is 9.56. The molecule has 0 N–H and O–H groups in total. The minimum absolute atomic E-state index is 0.183. The third-order valence-electron chi connectivity index (χ3n) is 6.08. The number of anilines is 1. The van der Waals surface area contributed by atoms with E-state index in [0.717, 1.165) is 35.3 Å². The van der Waals surface area contributed by atoms with Gasteiger partial charge in [-0.1, -0.05) is 26.8 Å². The van der Waals surface area contributed by atoms with E-state index in [1.165, 1.54) is 0 Å². The fourth-order valence-corrected chi connectivity index (χ4v) is 4.72. The average molecular weight is 386 g/mol. The molecule has 3 aromatic rings. The van der Waals surface area contributed by atoms with Crippen LogP contribution in [0.1, 0.15) is 26.3 Å². The van der Waals surface area contributed by atoms with Crippen molar-refractivity contribution in [3.05, 3.63) is 41.8 Å². The molecule has 144 valence electrons. The van der Waals surface area contributed by atoms with Crippen LogP contribution in [0.4, 0.5) is 10.1 Å². The quantitative estimate of drug-likeness (QED) is 0.584. The molecule has 0 aliphatic carbocycles. The molecule has 0 radical (unpaired) electrons. The Morgan fingerprint density at radius 3 is 2.56 bits per heavy atom. The van der Waals surface area contributed by atoms with Crippen LogP contribution in [-0.2, 0) is 4.43 Å². The van der Waals surface area contributed by atoms with Crippen molar-refractivity contribution >= 4 is 30.7 Å². The summed E-state index contributed by atoms with van der Waals surface area (Å²) in [7, 11) is -1.79. The Balaban J connectivity index is 1.57. The Labute approximate surface area is 161 Å². The van der Waals surface area contributed by atoms with Gasteiger partial charge in [-0.25, -0.2) is 9.37 Å². The Hall–Kier alpha value is -1.92. The molecule has 1 fully saturated rings. The number of aryl methyl sites for hydroxylation is 1. The molecule has 4 rings (SSSR count). The smallest absolute Gasteiger partial charge is 0.192 e. The lowest BCUT2D eigenvalue weighted by Gasteiger charge is -2.47. The molecule has 1 aliphatic rings. The van der Waals surface area contributed by atoms with Gasteiger partial charge in [-0.2, -0.15) is 0 Å². The van der Waals surface area contributed by atoms with Gasteiger partial charge in [0.1, 0.15) is 5.65 Å². The third-order valence-corrected chi connectivity index (χ3v) is 10.6. The van der Waals surface area contributed by atoms with E-state index in [1.54, 1.807) is 6.20 Å². The highest BCUT2D eigenvalue weighted by Crippen LogP contribution is 2.39. The first-order valence-corrected chi connectivity index (χ1v) is 12.5. The number of fused-ring (bicyclic) bond motifs is 3. The van der Waals surface area contributed by atoms with Gasteiger partial charge in [0.25, 0.3) is 0 Å². The zero-order valence-corrected chi connectivity index (χ0v) is 18.0. The molecule has 2 aromatic heterocycles. The van der Waals surface area contributed by atoms with Gasteiger partial charge in [-0.05, 0) is 42.8 Å². The Bertz CT molecular complexity index is 1020. The maximum atomic E-state index is 14.8. The van der Waals surface area contributed by atoms with Crippen molar-refractivity contribution in [2.75, 3.05) is 18.0 Å². The maximum absolute atomic E-state index is 14.8. The molecule has 4 nitrogen and oxygen atoms in total. The van der Waals surface area contributed by atoms with Crippen LogP contribution in [-0.4, -0.2) is 36.9 Å². The summed E-state index contributed by atoms with van der Waals surface area (Å²) >= 11 is 0. The zero-order chi connectivity index (χ0) is 19.6. The van der Waals surface area contributed by atoms with Gasteiger partial charge in [0, 0.05) is 25.4 Å². The largest absolute Gasteiger partial charge is 0.410 e. The molecular weight excluding hydrogens is 357 g/mol. The second kappa shape index (κ2) is 6.04. The summed E-state index contributed by atoms with van der Waals surface area (Å²) < 4.78 is 23.1. The molecule has 1 saturated heterocycles. The molecule has 0 unspecified atom stereocenters. The number of nitrogens with zero attached hydrogens (tertiary/aromatic N) is 3. The van der Waals surface area contributed by atoms with E-state index in [9.17, 15) is 4.39 Å². The first-order chi connectivity index (χ1) is 12.5. The molecule has 0 bridgehead atoms. The van der Waals surface area contributed by atoms with E-state index in [-0.39, 0.29) is 17.0 Å². The number of hydrogen-bond acceptors (Lipinski definition) is 3. The fourth-order valence-electron chi connectivity index (χ4n) is 3.38. The number of halogens is 1. The van der Waals surface area contributed by atoms with Crippen LogP contribution < -0.4 is 4.90 Å². The average Bonchev–Trinajstić information content (AvgIpc) is 2.85. The fraction of sp³-hybridized carbons (Fsp3) is 0.476. The van der Waals surface area contributed by atoms with Crippen LogP contribution in [0.15, 0.2) is 30.5 Å². The van der Waals surface area contributed by atoms with Gasteiger partial charge in [-0.3, -0.25) is 4.40 Å². The van der Waals surface area contributed by atoms with Crippen molar-refractivity contribution in [2.24, 2.45) is 0 Å². The summed E-state index contributed by atoms with van der Waals surface area (Å²) in [5.74, 6) is -0.215. The van der Waals surface area contributed by atoms with Gasteiger partial charge in [0.15, 0.2) is 14.1 Å². The molecule has 0 atom stereocenters. The van der Waals surface area contributed by atoms with Gasteiger partial charge >= 0.3 is 0 Å². The van der Waals surface area contributed by atoms with Gasteiger partial charge in [0.2, 0.25) is 0 Å². The van der Waals surface area contributed by atoms with Crippen LogP contribution >= 0.6 is 0 Å². The minimum Gasteiger partial charge on any atom is -0.410 e. The third kappa shape index (κ3) is 3.15. The first kappa shape index (κ1) is 18.4. The van der Waals surface area contributed by atoms with Crippen LogP contribution in [0.3, 0.4) is 0 Å². The monoisotopic (exact) mass is 385 g/mol. The predicted molar refractivity (Wildman–Crippen MR) is 112 cm³/mol. The number of rotatable bonds is 3. The van der Waals surface area contributed by atoms with Crippen molar-refractivity contribution in [3.63, 3.8) is 0 Å². The summed E-state index contributed by atoms with van der Waals surface area (Å²) in [4.78, 5) is 6.73. The van der Waals surface area contributed by atoms with Crippen molar-refractivity contribution in [2.45, 2.75) is 51.9 Å². The maximum Gasteiger partial charge on any atom is 0.192 e. The van der Waals surface area contributed by atoms with Crippen molar-refractivity contribution in [1.82, 2.24) is 9.38 Å². The summed E-state index contributed by atoms with van der Waals surface area (Å²) in [6.07, 6.45) is 1.74. The number of imidazole rings is 1. The van der Waals surface area contributed by atoms with Gasteiger partial charge < -0.3 is 9.33 Å². The Kier molecular flexibility index (Phi) is 4.12. The van der Waals surface area contributed by atoms with E-state index >= 15 is 0 Å². The lowest BCUT2D eigenvalue weighted by molar-refractivity contribution is 0.148. The number of pyridine rings is 1. The standard InChI is InChI=1S/C21H28FN3OSi/c1-14-7-8-18-17(9-14)23-20-10-19(16(22)13-25(18)20)24-11-15(12-24)26-27(5,6)21(2,3)4/h7-10,13,15H,11-12H2,1-6H3. The zero-order valence-electron chi connectivity index (χ0n) is 17.0. The van der Waals surface area contributed by atoms with Crippen molar-refractivity contribution < 1.29 is 8.82 Å². The van der Waals surface area contributed by atoms with Crippen molar-refractivity contribution in [1.29, 1.82) is 0 Å². The van der Waals surface area contributed by atoms with Crippen molar-refractivity contribution in [3.8, 4) is 0 Å². The molecule has 3 heterocycles. The number of aromatic nitrogens is 2. The molecule has 6 heteroatoms. The molecule has 0 spiro atoms. The lowest BCUT2D eigenvalue weighted by atomic mass is 10.1. The summed E-state index contributed by atoms with van der Waals surface area (Å²) in [6.45, 7) is 14.8. The molecule has 1 aliphatic heterocycles. The molecule has 1 aromatic carbocycles. The summed E-state index contributed by atoms with van der Waals surface area (Å²) in [5, 5.41) is 0.186. The normalized spacial score (nSPS) is 16.3. The second-order valence-corrected chi connectivity index (χ2v) is 14.0. The van der Waals surface area contributed by atoms with Crippen LogP contribution in [0.5, 0.6) is 0 Å². The highest BCUT2D eigenvalue weighted by molar-refractivity contribution is 6.74. The van der Waals surface area contributed by atoms with E-state index in [2.05, 4.69) is 43.7 Å². The van der Waals surface area contributed by atoms with Crippen LogP contribution in [0, 0.1) is 12.7 Å². The van der Waals surface area contributed by atoms with Gasteiger partial charge in [0.05, 0.1) is 22.8 Å². The molecule has 27 heavy (non-hydrogen) atoms. The summed E-state index contributed by atoms with van der Waals surface area (Å²) in [5.41, 5.74) is 4.38. The highest BCUT2D eigenvalue weighted by atomic mass is 28.4. The van der Waals surface area contributed by atoms with E-state index in [0.29, 0.717) is 5.69 Å². The van der Waals surface area contributed by atoms with E-state index < -0.39 is 8.32 Å². The van der Waals surface area contributed by atoms with E-state index in [1.807, 2.05) is 35.6 Å². The molecular formula is C21H28FN3OSi. The van der Waals surface area contributed by atoms with Crippen LogP contribution in [0.2, 0.25) is 18.1 Å². The van der Waals surface area contributed by atoms with Gasteiger partial charge in [-0.15, -0.1) is 0 Å². The van der Waals surface area contributed by atoms with E-state index in [4.69, 9.17) is 4.43 Å². The van der Waals surface area contributed by atoms with Crippen LogP contribution in [0.25, 0.3) is 16.7 Å².